The molecule has 3 aromatic rings. The Kier molecular flexibility index (Phi) is 3.32. The van der Waals surface area contributed by atoms with Crippen molar-refractivity contribution < 1.29 is 5.11 Å². The molecular weight excluding hydrogens is 254 g/mol. The van der Waals surface area contributed by atoms with E-state index in [2.05, 4.69) is 29.4 Å². The number of hydrogen-bond donors (Lipinski definition) is 1. The highest BCUT2D eigenvalue weighted by Crippen LogP contribution is 2.32. The van der Waals surface area contributed by atoms with Gasteiger partial charge in [-0.1, -0.05) is 31.2 Å². The number of aliphatic hydroxyl groups is 1. The summed E-state index contributed by atoms with van der Waals surface area (Å²) in [6.07, 6.45) is 1.96. The van der Waals surface area contributed by atoms with E-state index in [9.17, 15) is 5.11 Å². The average Bonchev–Trinajstić information content (AvgIpc) is 2.94. The summed E-state index contributed by atoms with van der Waals surface area (Å²) in [4.78, 5) is 4.37. The summed E-state index contributed by atoms with van der Waals surface area (Å²) in [7, 11) is 0. The second-order valence-electron chi connectivity index (χ2n) is 4.49. The quantitative estimate of drug-likeness (QED) is 0.781. The highest BCUT2D eigenvalue weighted by atomic mass is 32.1. The smallest absolute Gasteiger partial charge is 0.123 e. The third-order valence-corrected chi connectivity index (χ3v) is 4.35. The molecule has 2 aromatic heterocycles. The van der Waals surface area contributed by atoms with Crippen molar-refractivity contribution in [3.05, 3.63) is 64.8 Å². The number of aromatic nitrogens is 1. The highest BCUT2D eigenvalue weighted by Gasteiger charge is 2.17. The number of nitrogens with zero attached hydrogens (tertiary/aromatic N) is 1. The summed E-state index contributed by atoms with van der Waals surface area (Å²) >= 11 is 1.66. The number of pyridine rings is 1. The van der Waals surface area contributed by atoms with Gasteiger partial charge in [0.2, 0.25) is 0 Å². The van der Waals surface area contributed by atoms with E-state index in [-0.39, 0.29) is 0 Å². The first-order valence-electron chi connectivity index (χ1n) is 6.39. The van der Waals surface area contributed by atoms with Crippen molar-refractivity contribution in [2.45, 2.75) is 19.4 Å². The highest BCUT2D eigenvalue weighted by molar-refractivity contribution is 7.17. The maximum absolute atomic E-state index is 10.7. The lowest BCUT2D eigenvalue weighted by molar-refractivity contribution is 0.216. The molecule has 3 rings (SSSR count). The first-order chi connectivity index (χ1) is 9.31. The van der Waals surface area contributed by atoms with Crippen molar-refractivity contribution in [2.75, 3.05) is 0 Å². The number of thiophene rings is 1. The van der Waals surface area contributed by atoms with Crippen LogP contribution in [-0.2, 0) is 6.42 Å². The Morgan fingerprint density at radius 1 is 1.21 bits per heavy atom. The lowest BCUT2D eigenvalue weighted by Crippen LogP contribution is -2.06. The van der Waals surface area contributed by atoms with Gasteiger partial charge in [0.25, 0.3) is 0 Å². The van der Waals surface area contributed by atoms with Crippen LogP contribution in [0.3, 0.4) is 0 Å². The molecule has 0 spiro atoms. The lowest BCUT2D eigenvalue weighted by atomic mass is 10.00. The fourth-order valence-corrected chi connectivity index (χ4v) is 3.31. The van der Waals surface area contributed by atoms with Crippen molar-refractivity contribution in [3.63, 3.8) is 0 Å². The SMILES string of the molecule is CCc1cccnc1C(O)c1cccc2ccsc12. The molecule has 1 N–H and O–H groups in total. The normalized spacial score (nSPS) is 12.7. The van der Waals surface area contributed by atoms with Gasteiger partial charge in [0.05, 0.1) is 5.69 Å². The molecule has 1 aromatic carbocycles. The molecule has 0 radical (unpaired) electrons. The number of aliphatic hydroxyl groups excluding tert-OH is 1. The largest absolute Gasteiger partial charge is 0.382 e. The van der Waals surface area contributed by atoms with Crippen LogP contribution in [0.25, 0.3) is 10.1 Å². The van der Waals surface area contributed by atoms with Gasteiger partial charge in [-0.15, -0.1) is 11.3 Å². The van der Waals surface area contributed by atoms with Gasteiger partial charge in [-0.2, -0.15) is 0 Å². The average molecular weight is 269 g/mol. The van der Waals surface area contributed by atoms with E-state index >= 15 is 0 Å². The first kappa shape index (κ1) is 12.3. The molecule has 3 heteroatoms. The summed E-state index contributed by atoms with van der Waals surface area (Å²) in [6.45, 7) is 2.08. The number of benzene rings is 1. The van der Waals surface area contributed by atoms with Crippen LogP contribution >= 0.6 is 11.3 Å². The minimum atomic E-state index is -0.654. The zero-order chi connectivity index (χ0) is 13.2. The maximum atomic E-state index is 10.7. The van der Waals surface area contributed by atoms with E-state index in [1.54, 1.807) is 17.5 Å². The molecule has 0 saturated carbocycles. The zero-order valence-electron chi connectivity index (χ0n) is 10.7. The fraction of sp³-hybridized carbons (Fsp3) is 0.188. The zero-order valence-corrected chi connectivity index (χ0v) is 11.5. The third-order valence-electron chi connectivity index (χ3n) is 3.37. The summed E-state index contributed by atoms with van der Waals surface area (Å²) in [5, 5.41) is 13.9. The van der Waals surface area contributed by atoms with Crippen molar-refractivity contribution in [2.24, 2.45) is 0 Å². The predicted molar refractivity (Wildman–Crippen MR) is 79.5 cm³/mol. The monoisotopic (exact) mass is 269 g/mol. The molecule has 1 atom stereocenters. The van der Waals surface area contributed by atoms with Crippen LogP contribution in [0.15, 0.2) is 48.0 Å². The molecule has 0 amide bonds. The van der Waals surface area contributed by atoms with E-state index in [1.165, 1.54) is 5.39 Å². The second kappa shape index (κ2) is 5.11. The lowest BCUT2D eigenvalue weighted by Gasteiger charge is -2.14. The van der Waals surface area contributed by atoms with Crippen LogP contribution in [0.2, 0.25) is 0 Å². The number of hydrogen-bond acceptors (Lipinski definition) is 3. The Morgan fingerprint density at radius 2 is 2.11 bits per heavy atom. The van der Waals surface area contributed by atoms with Gasteiger partial charge in [-0.3, -0.25) is 4.98 Å². The van der Waals surface area contributed by atoms with Crippen molar-refractivity contribution in [1.82, 2.24) is 4.98 Å². The Hall–Kier alpha value is -1.71. The number of rotatable bonds is 3. The summed E-state index contributed by atoms with van der Waals surface area (Å²) < 4.78 is 1.14. The van der Waals surface area contributed by atoms with E-state index < -0.39 is 6.10 Å². The fourth-order valence-electron chi connectivity index (χ4n) is 2.37. The van der Waals surface area contributed by atoms with Gasteiger partial charge in [-0.25, -0.2) is 0 Å². The van der Waals surface area contributed by atoms with Gasteiger partial charge in [0, 0.05) is 16.5 Å². The second-order valence-corrected chi connectivity index (χ2v) is 5.41. The molecule has 0 saturated heterocycles. The first-order valence-corrected chi connectivity index (χ1v) is 7.27. The van der Waals surface area contributed by atoms with Crippen LogP contribution in [0.1, 0.15) is 29.8 Å². The molecule has 1 unspecified atom stereocenters. The van der Waals surface area contributed by atoms with Crippen molar-refractivity contribution in [1.29, 1.82) is 0 Å². The molecule has 2 heterocycles. The molecule has 96 valence electrons. The molecule has 0 aliphatic carbocycles. The van der Waals surface area contributed by atoms with Crippen LogP contribution in [-0.4, -0.2) is 10.1 Å². The maximum Gasteiger partial charge on any atom is 0.123 e. The van der Waals surface area contributed by atoms with Crippen LogP contribution in [0, 0.1) is 0 Å². The Labute approximate surface area is 116 Å². The molecule has 0 fully saturated rings. The summed E-state index contributed by atoms with van der Waals surface area (Å²) in [5.41, 5.74) is 2.82. The number of fused-ring (bicyclic) bond motifs is 1. The van der Waals surface area contributed by atoms with Gasteiger partial charge in [0.1, 0.15) is 6.10 Å². The van der Waals surface area contributed by atoms with Crippen LogP contribution in [0.4, 0.5) is 0 Å². The predicted octanol–water partition coefficient (Wildman–Crippen LogP) is 3.94. The van der Waals surface area contributed by atoms with Crippen molar-refractivity contribution in [3.8, 4) is 0 Å². The molecule has 19 heavy (non-hydrogen) atoms. The van der Waals surface area contributed by atoms with E-state index in [4.69, 9.17) is 0 Å². The van der Waals surface area contributed by atoms with Gasteiger partial charge < -0.3 is 5.11 Å². The molecule has 0 aliphatic rings. The molecular formula is C16H15NOS. The van der Waals surface area contributed by atoms with E-state index in [1.807, 2.05) is 24.3 Å². The van der Waals surface area contributed by atoms with Crippen LogP contribution < -0.4 is 0 Å². The molecule has 0 bridgehead atoms. The summed E-state index contributed by atoms with van der Waals surface area (Å²) in [5.74, 6) is 0. The van der Waals surface area contributed by atoms with Crippen molar-refractivity contribution >= 4 is 21.4 Å². The Morgan fingerprint density at radius 3 is 2.95 bits per heavy atom. The van der Waals surface area contributed by atoms with Gasteiger partial charge in [-0.05, 0) is 34.9 Å². The third kappa shape index (κ3) is 2.15. The molecule has 2 nitrogen and oxygen atoms in total. The Balaban J connectivity index is 2.13. The topological polar surface area (TPSA) is 33.1 Å². The minimum absolute atomic E-state index is 0.654. The number of aryl methyl sites for hydroxylation is 1. The standard InChI is InChI=1S/C16H15NOS/c1-2-11-6-4-9-17-14(11)15(18)13-7-3-5-12-8-10-19-16(12)13/h3-10,15,18H,2H2,1H3. The Bertz CT molecular complexity index is 705. The minimum Gasteiger partial charge on any atom is -0.382 e. The molecule has 0 aliphatic heterocycles. The van der Waals surface area contributed by atoms with E-state index in [0.717, 1.165) is 27.9 Å². The van der Waals surface area contributed by atoms with Gasteiger partial charge >= 0.3 is 0 Å². The van der Waals surface area contributed by atoms with Gasteiger partial charge in [0.15, 0.2) is 0 Å². The van der Waals surface area contributed by atoms with E-state index in [0.29, 0.717) is 0 Å². The summed E-state index contributed by atoms with van der Waals surface area (Å²) in [6, 6.07) is 12.1. The van der Waals surface area contributed by atoms with Crippen LogP contribution in [0.5, 0.6) is 0 Å².